The quantitative estimate of drug-likeness (QED) is 0.633. The predicted molar refractivity (Wildman–Crippen MR) is 126 cm³/mol. The first kappa shape index (κ1) is 22.4. The molecule has 2 saturated heterocycles. The van der Waals surface area contributed by atoms with Gasteiger partial charge in [-0.1, -0.05) is 43.3 Å². The first-order valence-electron chi connectivity index (χ1n) is 12.0. The molecule has 5 nitrogen and oxygen atoms in total. The van der Waals surface area contributed by atoms with Crippen molar-refractivity contribution in [2.24, 2.45) is 5.92 Å². The van der Waals surface area contributed by atoms with E-state index in [9.17, 15) is 9.59 Å². The third-order valence-electron chi connectivity index (χ3n) is 6.70. The van der Waals surface area contributed by atoms with Gasteiger partial charge >= 0.3 is 0 Å². The van der Waals surface area contributed by atoms with Crippen LogP contribution in [0.15, 0.2) is 54.6 Å². The van der Waals surface area contributed by atoms with Gasteiger partial charge in [-0.2, -0.15) is 0 Å². The molecule has 0 aromatic heterocycles. The van der Waals surface area contributed by atoms with Crippen LogP contribution in [0.1, 0.15) is 60.9 Å². The van der Waals surface area contributed by atoms with Crippen molar-refractivity contribution in [1.82, 2.24) is 9.80 Å². The largest absolute Gasteiger partial charge is 0.493 e. The average molecular weight is 435 g/mol. The highest BCUT2D eigenvalue weighted by molar-refractivity contribution is 5.94. The summed E-state index contributed by atoms with van der Waals surface area (Å²) in [5.74, 6) is 1.27. The zero-order chi connectivity index (χ0) is 22.3. The summed E-state index contributed by atoms with van der Waals surface area (Å²) in [5.41, 5.74) is 1.79. The van der Waals surface area contributed by atoms with Crippen molar-refractivity contribution in [3.63, 3.8) is 0 Å². The molecule has 2 aliphatic rings. The fraction of sp³-hybridized carbons (Fsp3) is 0.481. The second-order valence-electron chi connectivity index (χ2n) is 9.00. The van der Waals surface area contributed by atoms with Crippen LogP contribution in [0.5, 0.6) is 5.75 Å². The van der Waals surface area contributed by atoms with Gasteiger partial charge in [-0.3, -0.25) is 9.59 Å². The van der Waals surface area contributed by atoms with Gasteiger partial charge in [0.05, 0.1) is 12.5 Å². The Labute approximate surface area is 191 Å². The Morgan fingerprint density at radius 3 is 2.47 bits per heavy atom. The Hall–Kier alpha value is -2.82. The van der Waals surface area contributed by atoms with Crippen LogP contribution < -0.4 is 4.74 Å². The summed E-state index contributed by atoms with van der Waals surface area (Å²) >= 11 is 0. The SMILES string of the molecule is CCC(C(=O)N1CCCC(COc2cccc(C(=O)N3CCCC3)c2)C1)c1ccccc1. The van der Waals surface area contributed by atoms with Crippen molar-refractivity contribution in [2.45, 2.75) is 44.9 Å². The van der Waals surface area contributed by atoms with Gasteiger partial charge in [0.1, 0.15) is 5.75 Å². The number of benzene rings is 2. The van der Waals surface area contributed by atoms with Gasteiger partial charge in [0.15, 0.2) is 0 Å². The Morgan fingerprint density at radius 1 is 0.969 bits per heavy atom. The van der Waals surface area contributed by atoms with E-state index in [1.54, 1.807) is 0 Å². The van der Waals surface area contributed by atoms with Crippen molar-refractivity contribution in [2.75, 3.05) is 32.8 Å². The van der Waals surface area contributed by atoms with Crippen molar-refractivity contribution >= 4 is 11.8 Å². The lowest BCUT2D eigenvalue weighted by molar-refractivity contribution is -0.135. The number of piperidine rings is 1. The Kier molecular flexibility index (Phi) is 7.46. The minimum absolute atomic E-state index is 0.0795. The topological polar surface area (TPSA) is 49.9 Å². The van der Waals surface area contributed by atoms with Gasteiger partial charge in [0.25, 0.3) is 5.91 Å². The van der Waals surface area contributed by atoms with Crippen LogP contribution in [0.3, 0.4) is 0 Å². The number of ether oxygens (including phenoxy) is 1. The number of hydrogen-bond donors (Lipinski definition) is 0. The summed E-state index contributed by atoms with van der Waals surface area (Å²) in [6, 6.07) is 17.6. The lowest BCUT2D eigenvalue weighted by Gasteiger charge is -2.35. The molecule has 2 unspecified atom stereocenters. The number of nitrogens with zero attached hydrogens (tertiary/aromatic N) is 2. The first-order valence-corrected chi connectivity index (χ1v) is 12.0. The Morgan fingerprint density at radius 2 is 1.72 bits per heavy atom. The summed E-state index contributed by atoms with van der Waals surface area (Å²) in [7, 11) is 0. The van der Waals surface area contributed by atoms with E-state index in [2.05, 4.69) is 6.92 Å². The summed E-state index contributed by atoms with van der Waals surface area (Å²) in [6.45, 7) is 5.88. The zero-order valence-electron chi connectivity index (χ0n) is 19.0. The molecule has 0 saturated carbocycles. The molecule has 2 amide bonds. The van der Waals surface area contributed by atoms with Crippen LogP contribution in [-0.4, -0.2) is 54.4 Å². The molecule has 0 spiro atoms. The van der Waals surface area contributed by atoms with Gasteiger partial charge in [-0.05, 0) is 55.9 Å². The van der Waals surface area contributed by atoms with E-state index in [4.69, 9.17) is 4.74 Å². The summed E-state index contributed by atoms with van der Waals surface area (Å²) in [5, 5.41) is 0. The summed E-state index contributed by atoms with van der Waals surface area (Å²) < 4.78 is 6.09. The molecule has 170 valence electrons. The maximum Gasteiger partial charge on any atom is 0.253 e. The molecule has 32 heavy (non-hydrogen) atoms. The molecule has 2 aromatic rings. The maximum atomic E-state index is 13.2. The molecule has 0 N–H and O–H groups in total. The second kappa shape index (κ2) is 10.7. The van der Waals surface area contributed by atoms with Crippen molar-refractivity contribution < 1.29 is 14.3 Å². The van der Waals surface area contributed by atoms with Crippen LogP contribution in [0.4, 0.5) is 0 Å². The number of amides is 2. The van der Waals surface area contributed by atoms with Gasteiger partial charge in [0, 0.05) is 37.7 Å². The minimum Gasteiger partial charge on any atom is -0.493 e. The zero-order valence-corrected chi connectivity index (χ0v) is 19.0. The third kappa shape index (κ3) is 5.32. The predicted octanol–water partition coefficient (Wildman–Crippen LogP) is 4.73. The molecule has 2 atom stereocenters. The van der Waals surface area contributed by atoms with Crippen LogP contribution in [0, 0.1) is 5.92 Å². The highest BCUT2D eigenvalue weighted by Crippen LogP contribution is 2.26. The Bertz CT molecular complexity index is 908. The van der Waals surface area contributed by atoms with E-state index in [0.29, 0.717) is 18.1 Å². The van der Waals surface area contributed by atoms with E-state index >= 15 is 0 Å². The van der Waals surface area contributed by atoms with E-state index < -0.39 is 0 Å². The molecule has 0 radical (unpaired) electrons. The van der Waals surface area contributed by atoms with Gasteiger partial charge in [-0.15, -0.1) is 0 Å². The summed E-state index contributed by atoms with van der Waals surface area (Å²) in [6.07, 6.45) is 5.03. The average Bonchev–Trinajstić information content (AvgIpc) is 3.39. The number of carbonyl (C=O) groups excluding carboxylic acids is 2. The summed E-state index contributed by atoms with van der Waals surface area (Å²) in [4.78, 5) is 29.8. The number of hydrogen-bond acceptors (Lipinski definition) is 3. The molecule has 2 aliphatic heterocycles. The molecule has 2 aromatic carbocycles. The fourth-order valence-corrected chi connectivity index (χ4v) is 4.90. The van der Waals surface area contributed by atoms with Crippen LogP contribution >= 0.6 is 0 Å². The standard InChI is InChI=1S/C27H34N2O3/c1-2-25(22-11-4-3-5-12-22)27(31)29-17-9-10-21(19-29)20-32-24-14-8-13-23(18-24)26(30)28-15-6-7-16-28/h3-5,8,11-14,18,21,25H,2,6-7,9-10,15-17,19-20H2,1H3. The van der Waals surface area contributed by atoms with Gasteiger partial charge in [0.2, 0.25) is 5.91 Å². The molecule has 0 bridgehead atoms. The Balaban J connectivity index is 1.34. The highest BCUT2D eigenvalue weighted by Gasteiger charge is 2.29. The molecule has 2 fully saturated rings. The molecule has 2 heterocycles. The van der Waals surface area contributed by atoms with Gasteiger partial charge < -0.3 is 14.5 Å². The number of rotatable bonds is 7. The molecular weight excluding hydrogens is 400 g/mol. The van der Waals surface area contributed by atoms with Crippen molar-refractivity contribution in [1.29, 1.82) is 0 Å². The van der Waals surface area contributed by atoms with E-state index in [0.717, 1.165) is 69.6 Å². The second-order valence-corrected chi connectivity index (χ2v) is 9.00. The monoisotopic (exact) mass is 434 g/mol. The molecule has 5 heteroatoms. The minimum atomic E-state index is -0.0795. The van der Waals surface area contributed by atoms with Crippen LogP contribution in [-0.2, 0) is 4.79 Å². The van der Waals surface area contributed by atoms with Gasteiger partial charge in [-0.25, -0.2) is 0 Å². The lowest BCUT2D eigenvalue weighted by atomic mass is 9.92. The van der Waals surface area contributed by atoms with Crippen molar-refractivity contribution in [3.8, 4) is 5.75 Å². The van der Waals surface area contributed by atoms with Crippen LogP contribution in [0.2, 0.25) is 0 Å². The van der Waals surface area contributed by atoms with Crippen molar-refractivity contribution in [3.05, 3.63) is 65.7 Å². The third-order valence-corrected chi connectivity index (χ3v) is 6.70. The smallest absolute Gasteiger partial charge is 0.253 e. The van der Waals surface area contributed by atoms with E-state index in [1.807, 2.05) is 64.4 Å². The van der Waals surface area contributed by atoms with Crippen LogP contribution in [0.25, 0.3) is 0 Å². The number of likely N-dealkylation sites (tertiary alicyclic amines) is 2. The molecule has 0 aliphatic carbocycles. The van der Waals surface area contributed by atoms with E-state index in [1.165, 1.54) is 0 Å². The maximum absolute atomic E-state index is 13.2. The molecular formula is C27H34N2O3. The normalized spacial score (nSPS) is 19.6. The number of carbonyl (C=O) groups is 2. The first-order chi connectivity index (χ1) is 15.7. The lowest BCUT2D eigenvalue weighted by Crippen LogP contribution is -2.43. The highest BCUT2D eigenvalue weighted by atomic mass is 16.5. The fourth-order valence-electron chi connectivity index (χ4n) is 4.90. The van der Waals surface area contributed by atoms with E-state index in [-0.39, 0.29) is 17.7 Å². The molecule has 4 rings (SSSR count).